The second kappa shape index (κ2) is 6.99. The number of hydrogen-bond donors (Lipinski definition) is 1. The maximum Gasteiger partial charge on any atom is 0.257 e. The van der Waals surface area contributed by atoms with Crippen molar-refractivity contribution in [3.63, 3.8) is 0 Å². The number of carbonyl (C=O) groups is 1. The highest BCUT2D eigenvalue weighted by molar-refractivity contribution is 6.05. The first kappa shape index (κ1) is 17.9. The molecule has 1 amide bonds. The molecule has 29 heavy (non-hydrogen) atoms. The summed E-state index contributed by atoms with van der Waals surface area (Å²) < 4.78 is 13.1. The number of anilines is 2. The highest BCUT2D eigenvalue weighted by atomic mass is 19.1. The van der Waals surface area contributed by atoms with Crippen molar-refractivity contribution in [3.8, 4) is 11.3 Å². The molecular formula is C24H22FN3O. The molecular weight excluding hydrogens is 365 g/mol. The lowest BCUT2D eigenvalue weighted by molar-refractivity contribution is 0.102. The van der Waals surface area contributed by atoms with Crippen LogP contribution in [0, 0.1) is 12.7 Å². The molecule has 5 heteroatoms. The van der Waals surface area contributed by atoms with Gasteiger partial charge in [-0.2, -0.15) is 0 Å². The fraction of sp³-hybridized carbons (Fsp3) is 0.250. The first-order valence-corrected chi connectivity index (χ1v) is 10.0. The normalized spacial score (nSPS) is 15.3. The number of fused-ring (bicyclic) bond motifs is 2. The SMILES string of the molecule is Cc1nc(-c2ccc(F)cc2)ccc1C(=O)Nc1ccc2c(c1)N1CCC2CC1. The third kappa shape index (κ3) is 3.27. The standard InChI is InChI=1S/C24H22FN3O/c1-15-20(8-9-22(26-15)17-2-4-18(25)5-3-17)24(29)27-19-6-7-21-16-10-12-28(13-11-16)23(21)14-19/h2-9,14,16H,10-13H2,1H3,(H,27,29). The Morgan fingerprint density at radius 2 is 1.83 bits per heavy atom. The third-order valence-electron chi connectivity index (χ3n) is 6.03. The van der Waals surface area contributed by atoms with Gasteiger partial charge in [0.2, 0.25) is 0 Å². The van der Waals surface area contributed by atoms with Crippen molar-refractivity contribution < 1.29 is 9.18 Å². The average molecular weight is 387 g/mol. The van der Waals surface area contributed by atoms with Crippen molar-refractivity contribution in [2.24, 2.45) is 0 Å². The Kier molecular flexibility index (Phi) is 4.31. The summed E-state index contributed by atoms with van der Waals surface area (Å²) in [5, 5.41) is 3.02. The van der Waals surface area contributed by atoms with Crippen LogP contribution < -0.4 is 10.2 Å². The molecule has 1 fully saturated rings. The number of nitrogens with one attached hydrogen (secondary N) is 1. The van der Waals surface area contributed by atoms with Crippen molar-refractivity contribution >= 4 is 17.3 Å². The lowest BCUT2D eigenvalue weighted by Gasteiger charge is -2.42. The third-order valence-corrected chi connectivity index (χ3v) is 6.03. The number of amides is 1. The van der Waals surface area contributed by atoms with Crippen LogP contribution in [0.1, 0.15) is 40.4 Å². The minimum absolute atomic E-state index is 0.170. The van der Waals surface area contributed by atoms with Crippen LogP contribution in [0.25, 0.3) is 11.3 Å². The Labute approximate surface area is 169 Å². The summed E-state index contributed by atoms with van der Waals surface area (Å²) >= 11 is 0. The molecule has 4 nitrogen and oxygen atoms in total. The van der Waals surface area contributed by atoms with E-state index in [1.807, 2.05) is 13.0 Å². The van der Waals surface area contributed by atoms with Gasteiger partial charge in [-0.25, -0.2) is 4.39 Å². The molecule has 1 saturated heterocycles. The van der Waals surface area contributed by atoms with E-state index in [0.717, 1.165) is 30.0 Å². The summed E-state index contributed by atoms with van der Waals surface area (Å²) in [6.45, 7) is 4.02. The smallest absolute Gasteiger partial charge is 0.257 e. The van der Waals surface area contributed by atoms with Gasteiger partial charge in [0.05, 0.1) is 17.0 Å². The second-order valence-electron chi connectivity index (χ2n) is 7.83. The van der Waals surface area contributed by atoms with E-state index in [9.17, 15) is 9.18 Å². The van der Waals surface area contributed by atoms with Crippen molar-refractivity contribution in [3.05, 3.63) is 77.2 Å². The molecule has 0 saturated carbocycles. The van der Waals surface area contributed by atoms with Crippen molar-refractivity contribution in [1.29, 1.82) is 0 Å². The number of aryl methyl sites for hydroxylation is 1. The maximum atomic E-state index is 13.1. The Hall–Kier alpha value is -3.21. The molecule has 1 aromatic heterocycles. The molecule has 6 rings (SSSR count). The molecule has 2 bridgehead atoms. The van der Waals surface area contributed by atoms with Gasteiger partial charge in [0.1, 0.15) is 5.82 Å². The van der Waals surface area contributed by atoms with E-state index >= 15 is 0 Å². The van der Waals surface area contributed by atoms with Gasteiger partial charge in [0.15, 0.2) is 0 Å². The van der Waals surface area contributed by atoms with Crippen LogP contribution in [-0.2, 0) is 0 Å². The van der Waals surface area contributed by atoms with E-state index in [2.05, 4.69) is 27.3 Å². The fourth-order valence-electron chi connectivity index (χ4n) is 4.45. The molecule has 0 radical (unpaired) electrons. The summed E-state index contributed by atoms with van der Waals surface area (Å²) in [6, 6.07) is 16.0. The van der Waals surface area contributed by atoms with Crippen LogP contribution in [-0.4, -0.2) is 24.0 Å². The zero-order chi connectivity index (χ0) is 20.0. The Morgan fingerprint density at radius 1 is 1.07 bits per heavy atom. The number of piperidine rings is 1. The molecule has 4 heterocycles. The van der Waals surface area contributed by atoms with Gasteiger partial charge in [0, 0.05) is 30.0 Å². The predicted octanol–water partition coefficient (Wildman–Crippen LogP) is 5.15. The van der Waals surface area contributed by atoms with Crippen LogP contribution in [0.15, 0.2) is 54.6 Å². The van der Waals surface area contributed by atoms with Crippen LogP contribution in [0.2, 0.25) is 0 Å². The zero-order valence-corrected chi connectivity index (χ0v) is 16.3. The summed E-state index contributed by atoms with van der Waals surface area (Å²) in [4.78, 5) is 19.8. The highest BCUT2D eigenvalue weighted by Gasteiger charge is 2.30. The molecule has 0 spiro atoms. The van der Waals surface area contributed by atoms with Gasteiger partial charge in [0.25, 0.3) is 5.91 Å². The minimum Gasteiger partial charge on any atom is -0.371 e. The molecule has 0 atom stereocenters. The first-order valence-electron chi connectivity index (χ1n) is 10.0. The topological polar surface area (TPSA) is 45.2 Å². The van der Waals surface area contributed by atoms with Gasteiger partial charge in [-0.15, -0.1) is 0 Å². The van der Waals surface area contributed by atoms with E-state index in [1.54, 1.807) is 24.3 Å². The Balaban J connectivity index is 1.37. The number of pyridine rings is 1. The monoisotopic (exact) mass is 387 g/mol. The van der Waals surface area contributed by atoms with E-state index in [1.165, 1.54) is 36.2 Å². The molecule has 3 aliphatic rings. The fourth-order valence-corrected chi connectivity index (χ4v) is 4.45. The van der Waals surface area contributed by atoms with Gasteiger partial charge < -0.3 is 10.2 Å². The van der Waals surface area contributed by atoms with Gasteiger partial charge in [-0.05, 0) is 79.8 Å². The predicted molar refractivity (Wildman–Crippen MR) is 113 cm³/mol. The van der Waals surface area contributed by atoms with E-state index < -0.39 is 0 Å². The summed E-state index contributed by atoms with van der Waals surface area (Å²) in [7, 11) is 0. The number of halogens is 1. The minimum atomic E-state index is -0.281. The van der Waals surface area contributed by atoms with Crippen LogP contribution >= 0.6 is 0 Å². The van der Waals surface area contributed by atoms with Crippen molar-refractivity contribution in [2.75, 3.05) is 23.3 Å². The van der Waals surface area contributed by atoms with E-state index in [-0.39, 0.29) is 11.7 Å². The number of rotatable bonds is 3. The zero-order valence-electron chi connectivity index (χ0n) is 16.3. The maximum absolute atomic E-state index is 13.1. The van der Waals surface area contributed by atoms with Crippen molar-refractivity contribution in [2.45, 2.75) is 25.7 Å². The van der Waals surface area contributed by atoms with Gasteiger partial charge in [-0.1, -0.05) is 6.07 Å². The summed E-state index contributed by atoms with van der Waals surface area (Å²) in [5.74, 6) is 0.206. The lowest BCUT2D eigenvalue weighted by atomic mass is 9.83. The summed E-state index contributed by atoms with van der Waals surface area (Å²) in [5.41, 5.74) is 6.19. The number of hydrogen-bond acceptors (Lipinski definition) is 3. The molecule has 2 aromatic carbocycles. The van der Waals surface area contributed by atoms with Crippen LogP contribution in [0.3, 0.4) is 0 Å². The number of carbonyl (C=O) groups excluding carboxylic acids is 1. The quantitative estimate of drug-likeness (QED) is 0.676. The molecule has 1 N–H and O–H groups in total. The van der Waals surface area contributed by atoms with E-state index in [4.69, 9.17) is 0 Å². The van der Waals surface area contributed by atoms with E-state index in [0.29, 0.717) is 17.2 Å². The van der Waals surface area contributed by atoms with Crippen LogP contribution in [0.4, 0.5) is 15.8 Å². The Bertz CT molecular complexity index is 1090. The largest absolute Gasteiger partial charge is 0.371 e. The molecule has 146 valence electrons. The second-order valence-corrected chi connectivity index (χ2v) is 7.83. The Morgan fingerprint density at radius 3 is 2.55 bits per heavy atom. The molecule has 0 unspecified atom stereocenters. The van der Waals surface area contributed by atoms with Gasteiger partial charge >= 0.3 is 0 Å². The van der Waals surface area contributed by atoms with Crippen LogP contribution in [0.5, 0.6) is 0 Å². The lowest BCUT2D eigenvalue weighted by Crippen LogP contribution is -2.38. The molecule has 3 aromatic rings. The van der Waals surface area contributed by atoms with Crippen molar-refractivity contribution in [1.82, 2.24) is 4.98 Å². The molecule has 3 aliphatic heterocycles. The summed E-state index contributed by atoms with van der Waals surface area (Å²) in [6.07, 6.45) is 2.45. The first-order chi connectivity index (χ1) is 14.1. The van der Waals surface area contributed by atoms with Gasteiger partial charge in [-0.3, -0.25) is 9.78 Å². The number of nitrogens with zero attached hydrogens (tertiary/aromatic N) is 2. The molecule has 0 aliphatic carbocycles. The highest BCUT2D eigenvalue weighted by Crippen LogP contribution is 2.43. The average Bonchev–Trinajstić information content (AvgIpc) is 2.75. The number of aromatic nitrogens is 1. The number of benzene rings is 2.